The summed E-state index contributed by atoms with van der Waals surface area (Å²) in [5, 5.41) is 3.46. The Labute approximate surface area is 163 Å². The first-order valence-electron chi connectivity index (χ1n) is 7.98. The van der Waals surface area contributed by atoms with Crippen LogP contribution in [0.15, 0.2) is 28.8 Å². The molecule has 1 heterocycles. The average Bonchev–Trinajstić information content (AvgIpc) is 3.00. The zero-order chi connectivity index (χ0) is 20.0. The lowest BCUT2D eigenvalue weighted by Crippen LogP contribution is -2.37. The highest BCUT2D eigenvalue weighted by molar-refractivity contribution is 6.36. The lowest BCUT2D eigenvalue weighted by atomic mass is 10.2. The van der Waals surface area contributed by atoms with Crippen molar-refractivity contribution in [3.05, 3.63) is 40.3 Å². The van der Waals surface area contributed by atoms with E-state index in [1.165, 1.54) is 6.20 Å². The number of halogens is 5. The van der Waals surface area contributed by atoms with Gasteiger partial charge in [-0.15, -0.1) is 0 Å². The maximum Gasteiger partial charge on any atom is 0.411 e. The minimum absolute atomic E-state index is 0.0674. The molecule has 2 aromatic rings. The van der Waals surface area contributed by atoms with Gasteiger partial charge in [0.15, 0.2) is 11.7 Å². The molecule has 1 N–H and O–H groups in total. The highest BCUT2D eigenvalue weighted by atomic mass is 35.5. The van der Waals surface area contributed by atoms with Crippen molar-refractivity contribution < 1.29 is 27.1 Å². The van der Waals surface area contributed by atoms with E-state index >= 15 is 0 Å². The third kappa shape index (κ3) is 7.40. The van der Waals surface area contributed by atoms with Gasteiger partial charge in [0.1, 0.15) is 6.61 Å². The average molecular weight is 425 g/mol. The van der Waals surface area contributed by atoms with E-state index in [4.69, 9.17) is 27.6 Å². The number of aryl methyl sites for hydroxylation is 1. The zero-order valence-electron chi connectivity index (χ0n) is 14.3. The van der Waals surface area contributed by atoms with Gasteiger partial charge in [-0.1, -0.05) is 23.2 Å². The number of aromatic nitrogens is 1. The monoisotopic (exact) mass is 424 g/mol. The Bertz CT molecular complexity index is 781. The summed E-state index contributed by atoms with van der Waals surface area (Å²) in [6.45, 7) is -0.0247. The summed E-state index contributed by atoms with van der Waals surface area (Å²) < 4.78 is 46.1. The zero-order valence-corrected chi connectivity index (χ0v) is 15.8. The molecule has 0 aliphatic rings. The first-order chi connectivity index (χ1) is 12.6. The first-order valence-corrected chi connectivity index (χ1v) is 8.73. The number of nitrogens with one attached hydrogen (secondary N) is 1. The van der Waals surface area contributed by atoms with E-state index in [9.17, 15) is 18.0 Å². The Hall–Kier alpha value is -1.77. The molecule has 1 atom stereocenters. The van der Waals surface area contributed by atoms with Crippen LogP contribution in [0, 0.1) is 0 Å². The van der Waals surface area contributed by atoms with Crippen LogP contribution in [-0.4, -0.2) is 36.3 Å². The number of nitrogens with zero attached hydrogens (tertiary/aromatic N) is 1. The van der Waals surface area contributed by atoms with Gasteiger partial charge in [-0.3, -0.25) is 4.79 Å². The van der Waals surface area contributed by atoms with Crippen LogP contribution in [0.3, 0.4) is 0 Å². The fraction of sp³-hybridized carbons (Fsp3) is 0.412. The van der Waals surface area contributed by atoms with Crippen LogP contribution >= 0.6 is 23.2 Å². The number of hydrogen-bond donors (Lipinski definition) is 1. The van der Waals surface area contributed by atoms with Crippen molar-refractivity contribution >= 4 is 29.1 Å². The lowest BCUT2D eigenvalue weighted by molar-refractivity contribution is -0.175. The van der Waals surface area contributed by atoms with Gasteiger partial charge in [0.25, 0.3) is 0 Å². The number of rotatable bonds is 8. The van der Waals surface area contributed by atoms with Crippen LogP contribution in [0.1, 0.15) is 19.2 Å². The largest absolute Gasteiger partial charge is 0.441 e. The van der Waals surface area contributed by atoms with Crippen LogP contribution in [0.5, 0.6) is 0 Å². The minimum Gasteiger partial charge on any atom is -0.441 e. The molecule has 0 bridgehead atoms. The molecule has 1 aromatic heterocycles. The van der Waals surface area contributed by atoms with Gasteiger partial charge in [0.2, 0.25) is 5.91 Å². The molecule has 1 amide bonds. The van der Waals surface area contributed by atoms with Crippen LogP contribution < -0.4 is 5.32 Å². The minimum atomic E-state index is -4.39. The van der Waals surface area contributed by atoms with E-state index in [1.807, 2.05) is 0 Å². The molecule has 0 aliphatic carbocycles. The fourth-order valence-electron chi connectivity index (χ4n) is 2.20. The summed E-state index contributed by atoms with van der Waals surface area (Å²) in [4.78, 5) is 16.0. The van der Waals surface area contributed by atoms with Crippen molar-refractivity contribution in [1.29, 1.82) is 0 Å². The third-order valence-corrected chi connectivity index (χ3v) is 3.90. The van der Waals surface area contributed by atoms with Gasteiger partial charge in [0.05, 0.1) is 17.8 Å². The molecule has 0 spiro atoms. The second-order valence-corrected chi connectivity index (χ2v) is 6.68. The van der Waals surface area contributed by atoms with Gasteiger partial charge in [0, 0.05) is 29.5 Å². The van der Waals surface area contributed by atoms with E-state index in [-0.39, 0.29) is 25.4 Å². The molecular formula is C17H17Cl2F3N2O3. The highest BCUT2D eigenvalue weighted by Crippen LogP contribution is 2.30. The lowest BCUT2D eigenvalue weighted by Gasteiger charge is -2.14. The number of amides is 1. The summed E-state index contributed by atoms with van der Waals surface area (Å²) in [5.41, 5.74) is 0.625. The summed E-state index contributed by atoms with van der Waals surface area (Å²) in [7, 11) is 0. The number of alkyl halides is 3. The summed E-state index contributed by atoms with van der Waals surface area (Å²) >= 11 is 12.0. The van der Waals surface area contributed by atoms with Crippen molar-refractivity contribution in [1.82, 2.24) is 10.3 Å². The van der Waals surface area contributed by atoms with Crippen molar-refractivity contribution in [3.8, 4) is 11.3 Å². The highest BCUT2D eigenvalue weighted by Gasteiger charge is 2.27. The Morgan fingerprint density at radius 1 is 1.37 bits per heavy atom. The molecule has 0 saturated heterocycles. The number of carbonyl (C=O) groups excluding carboxylic acids is 1. The van der Waals surface area contributed by atoms with Crippen molar-refractivity contribution in [2.45, 2.75) is 32.0 Å². The standard InChI is InChI=1S/C17H17Cl2F3N2O3/c1-10(8-26-9-17(20,21)22)24-15(25)4-5-16-23-7-14(27-16)12-3-2-11(18)6-13(12)19/h2-3,6-7,10H,4-5,8-9H2,1H3,(H,24,25). The van der Waals surface area contributed by atoms with Crippen LogP contribution in [0.4, 0.5) is 13.2 Å². The fourth-order valence-corrected chi connectivity index (χ4v) is 2.70. The van der Waals surface area contributed by atoms with Crippen molar-refractivity contribution in [3.63, 3.8) is 0 Å². The molecular weight excluding hydrogens is 408 g/mol. The summed E-state index contributed by atoms with van der Waals surface area (Å²) in [5.74, 6) is 0.440. The van der Waals surface area contributed by atoms with Crippen LogP contribution in [0.2, 0.25) is 10.0 Å². The summed E-state index contributed by atoms with van der Waals surface area (Å²) in [6, 6.07) is 4.40. The molecule has 0 saturated carbocycles. The second-order valence-electron chi connectivity index (χ2n) is 5.84. The van der Waals surface area contributed by atoms with E-state index in [0.717, 1.165) is 0 Å². The molecule has 5 nitrogen and oxygen atoms in total. The molecule has 0 aliphatic heterocycles. The number of ether oxygens (including phenoxy) is 1. The SMILES string of the molecule is CC(COCC(F)(F)F)NC(=O)CCc1ncc(-c2ccc(Cl)cc2Cl)o1. The van der Waals surface area contributed by atoms with E-state index in [0.29, 0.717) is 27.3 Å². The number of benzene rings is 1. The Kier molecular flexibility index (Phi) is 7.52. The first kappa shape index (κ1) is 21.5. The third-order valence-electron chi connectivity index (χ3n) is 3.36. The Morgan fingerprint density at radius 2 is 2.11 bits per heavy atom. The van der Waals surface area contributed by atoms with Gasteiger partial charge in [-0.05, 0) is 25.1 Å². The number of oxazole rings is 1. The smallest absolute Gasteiger partial charge is 0.411 e. The molecule has 2 rings (SSSR count). The molecule has 0 fully saturated rings. The van der Waals surface area contributed by atoms with Crippen molar-refractivity contribution in [2.24, 2.45) is 0 Å². The maximum atomic E-state index is 12.0. The number of carbonyl (C=O) groups is 1. The second kappa shape index (κ2) is 9.43. The topological polar surface area (TPSA) is 64.4 Å². The van der Waals surface area contributed by atoms with Crippen LogP contribution in [0.25, 0.3) is 11.3 Å². The number of hydrogen-bond acceptors (Lipinski definition) is 4. The quantitative estimate of drug-likeness (QED) is 0.668. The summed E-state index contributed by atoms with van der Waals surface area (Å²) in [6.07, 6.45) is -2.60. The molecule has 10 heteroatoms. The molecule has 148 valence electrons. The predicted molar refractivity (Wildman–Crippen MR) is 94.8 cm³/mol. The van der Waals surface area contributed by atoms with E-state index < -0.39 is 18.8 Å². The molecule has 1 aromatic carbocycles. The van der Waals surface area contributed by atoms with Gasteiger partial charge in [-0.2, -0.15) is 13.2 Å². The van der Waals surface area contributed by atoms with Gasteiger partial charge < -0.3 is 14.5 Å². The van der Waals surface area contributed by atoms with Crippen LogP contribution in [-0.2, 0) is 16.0 Å². The molecule has 1 unspecified atom stereocenters. The van der Waals surface area contributed by atoms with Crippen molar-refractivity contribution in [2.75, 3.05) is 13.2 Å². The molecule has 0 radical (unpaired) electrons. The molecule has 27 heavy (non-hydrogen) atoms. The predicted octanol–water partition coefficient (Wildman–Crippen LogP) is 4.66. The van der Waals surface area contributed by atoms with E-state index in [1.54, 1.807) is 25.1 Å². The Morgan fingerprint density at radius 3 is 2.78 bits per heavy atom. The van der Waals surface area contributed by atoms with Gasteiger partial charge in [-0.25, -0.2) is 4.98 Å². The van der Waals surface area contributed by atoms with Gasteiger partial charge >= 0.3 is 6.18 Å². The Balaban J connectivity index is 1.79. The normalized spacial score (nSPS) is 12.8. The van der Waals surface area contributed by atoms with E-state index in [2.05, 4.69) is 15.0 Å². The maximum absolute atomic E-state index is 12.0.